The molecule has 0 bridgehead atoms. The molecule has 6 heteroatoms. The first-order valence-electron chi connectivity index (χ1n) is 3.50. The zero-order valence-corrected chi connectivity index (χ0v) is 7.35. The van der Waals surface area contributed by atoms with Crippen LogP contribution in [0.1, 0.15) is 43.1 Å². The van der Waals surface area contributed by atoms with Gasteiger partial charge in [-0.2, -0.15) is 0 Å². The number of halogens is 6. The lowest BCUT2D eigenvalue weighted by molar-refractivity contribution is -0.237. The molecule has 0 amide bonds. The third-order valence-corrected chi connectivity index (χ3v) is 1.52. The third kappa shape index (κ3) is 6.95. The van der Waals surface area contributed by atoms with Crippen molar-refractivity contribution in [2.45, 2.75) is 60.8 Å². The van der Waals surface area contributed by atoms with Gasteiger partial charge in [-0.25, -0.2) is 26.3 Å². The van der Waals surface area contributed by atoms with E-state index in [4.69, 9.17) is 0 Å². The van der Waals surface area contributed by atoms with Crippen LogP contribution in [0.5, 0.6) is 0 Å². The highest BCUT2D eigenvalue weighted by Crippen LogP contribution is 2.45. The molecule has 0 heterocycles. The molecule has 0 aromatic heterocycles. The molecule has 0 unspecified atom stereocenters. The summed E-state index contributed by atoms with van der Waals surface area (Å²) in [4.78, 5) is 0. The topological polar surface area (TPSA) is 0 Å². The predicted molar refractivity (Wildman–Crippen MR) is 55.5 cm³/mol. The Morgan fingerprint density at radius 3 is 0.688 bits per heavy atom. The summed E-state index contributed by atoms with van der Waals surface area (Å²) < 4.78 is 74.5. The molecule has 0 aliphatic rings. The van der Waals surface area contributed by atoms with E-state index in [1.54, 1.807) is 0 Å². The monoisotopic (exact) mass is 256 g/mol. The standard InChI is InChI=1S/C7H10F6.3CH4/c1-5(8,9)4(6(2,10)11)7(3,12)13;;;/h4H,1-3H3;3*1H4. The van der Waals surface area contributed by atoms with Crippen LogP contribution in [-0.4, -0.2) is 17.8 Å². The Kier molecular flexibility index (Phi) is 9.80. The molecular formula is C10H22F6. The number of rotatable bonds is 3. The van der Waals surface area contributed by atoms with E-state index in [1.807, 2.05) is 0 Å². The maximum atomic E-state index is 12.4. The molecule has 0 saturated heterocycles. The summed E-state index contributed by atoms with van der Waals surface area (Å²) in [7, 11) is 0. The minimum atomic E-state index is -4.11. The first-order chi connectivity index (χ1) is 5.37. The Labute approximate surface area is 94.0 Å². The largest absolute Gasteiger partial charge is 0.259 e. The maximum absolute atomic E-state index is 12.4. The van der Waals surface area contributed by atoms with Crippen molar-refractivity contribution in [2.24, 2.45) is 5.92 Å². The van der Waals surface area contributed by atoms with Crippen molar-refractivity contribution in [1.82, 2.24) is 0 Å². The number of hydrogen-bond acceptors (Lipinski definition) is 0. The predicted octanol–water partition coefficient (Wildman–Crippen LogP) is 5.48. The van der Waals surface area contributed by atoms with E-state index in [1.165, 1.54) is 0 Å². The van der Waals surface area contributed by atoms with Crippen LogP contribution in [-0.2, 0) is 0 Å². The van der Waals surface area contributed by atoms with Crippen LogP contribution in [0.4, 0.5) is 26.3 Å². The lowest BCUT2D eigenvalue weighted by atomic mass is 9.90. The van der Waals surface area contributed by atoms with Crippen LogP contribution in [0.15, 0.2) is 0 Å². The van der Waals surface area contributed by atoms with E-state index in [0.29, 0.717) is 0 Å². The van der Waals surface area contributed by atoms with Gasteiger partial charge in [0.15, 0.2) is 0 Å². The first kappa shape index (κ1) is 24.7. The fourth-order valence-corrected chi connectivity index (χ4v) is 1.34. The average Bonchev–Trinajstić information content (AvgIpc) is 1.44. The van der Waals surface area contributed by atoms with Gasteiger partial charge in [0.25, 0.3) is 17.8 Å². The Morgan fingerprint density at radius 2 is 0.688 bits per heavy atom. The van der Waals surface area contributed by atoms with Gasteiger partial charge in [0.05, 0.1) is 0 Å². The molecule has 0 aromatic rings. The van der Waals surface area contributed by atoms with Crippen LogP contribution in [0.25, 0.3) is 0 Å². The van der Waals surface area contributed by atoms with Gasteiger partial charge in [-0.3, -0.25) is 0 Å². The fraction of sp³-hybridized carbons (Fsp3) is 1.00. The highest BCUT2D eigenvalue weighted by Gasteiger charge is 2.60. The van der Waals surface area contributed by atoms with Crippen LogP contribution in [0, 0.1) is 5.92 Å². The highest BCUT2D eigenvalue weighted by molar-refractivity contribution is 4.90. The van der Waals surface area contributed by atoms with E-state index in [0.717, 1.165) is 0 Å². The highest BCUT2D eigenvalue weighted by atomic mass is 19.3. The van der Waals surface area contributed by atoms with Gasteiger partial charge in [-0.05, 0) is 0 Å². The second-order valence-corrected chi connectivity index (χ2v) is 3.30. The summed E-state index contributed by atoms with van der Waals surface area (Å²) in [6.45, 7) is 0.186. The zero-order chi connectivity index (χ0) is 11.1. The summed E-state index contributed by atoms with van der Waals surface area (Å²) >= 11 is 0. The molecule has 0 rings (SSSR count). The van der Waals surface area contributed by atoms with E-state index in [-0.39, 0.29) is 43.1 Å². The van der Waals surface area contributed by atoms with Crippen molar-refractivity contribution in [1.29, 1.82) is 0 Å². The Balaban J connectivity index is -0.000000240. The smallest absolute Gasteiger partial charge is 0.206 e. The van der Waals surface area contributed by atoms with Gasteiger partial charge in [-0.1, -0.05) is 22.3 Å². The maximum Gasteiger partial charge on any atom is 0.259 e. The van der Waals surface area contributed by atoms with Gasteiger partial charge in [0, 0.05) is 20.8 Å². The normalized spacial score (nSPS) is 12.4. The molecule has 0 fully saturated rings. The molecule has 104 valence electrons. The van der Waals surface area contributed by atoms with E-state index >= 15 is 0 Å². The Morgan fingerprint density at radius 1 is 0.562 bits per heavy atom. The van der Waals surface area contributed by atoms with E-state index in [2.05, 4.69) is 0 Å². The van der Waals surface area contributed by atoms with E-state index in [9.17, 15) is 26.3 Å². The first-order valence-corrected chi connectivity index (χ1v) is 3.50. The molecule has 0 aliphatic carbocycles. The zero-order valence-electron chi connectivity index (χ0n) is 7.35. The number of hydrogen-bond donors (Lipinski definition) is 0. The molecule has 0 spiro atoms. The summed E-state index contributed by atoms with van der Waals surface area (Å²) in [5.74, 6) is -15.6. The van der Waals surface area contributed by atoms with Crippen LogP contribution < -0.4 is 0 Å². The van der Waals surface area contributed by atoms with Crippen LogP contribution >= 0.6 is 0 Å². The quantitative estimate of drug-likeness (QED) is 0.587. The molecule has 0 radical (unpaired) electrons. The minimum Gasteiger partial charge on any atom is -0.206 e. The molecule has 0 nitrogen and oxygen atoms in total. The van der Waals surface area contributed by atoms with Gasteiger partial charge >= 0.3 is 0 Å². The van der Waals surface area contributed by atoms with Crippen molar-refractivity contribution < 1.29 is 26.3 Å². The second-order valence-electron chi connectivity index (χ2n) is 3.30. The molecule has 0 N–H and O–H groups in total. The van der Waals surface area contributed by atoms with Crippen molar-refractivity contribution in [3.05, 3.63) is 0 Å². The molecule has 0 saturated carbocycles. The summed E-state index contributed by atoms with van der Waals surface area (Å²) in [6.07, 6.45) is 0. The second kappa shape index (κ2) is 6.35. The SMILES string of the molecule is C.C.C.CC(F)(F)C(C(C)(F)F)C(C)(F)F. The van der Waals surface area contributed by atoms with Gasteiger partial charge in [-0.15, -0.1) is 0 Å². The van der Waals surface area contributed by atoms with Crippen LogP contribution in [0.2, 0.25) is 0 Å². The van der Waals surface area contributed by atoms with Crippen molar-refractivity contribution in [3.8, 4) is 0 Å². The molecular weight excluding hydrogens is 234 g/mol. The van der Waals surface area contributed by atoms with Gasteiger partial charge in [0.1, 0.15) is 5.92 Å². The van der Waals surface area contributed by atoms with Crippen molar-refractivity contribution >= 4 is 0 Å². The lowest BCUT2D eigenvalue weighted by Gasteiger charge is -2.32. The lowest BCUT2D eigenvalue weighted by Crippen LogP contribution is -2.48. The fourth-order valence-electron chi connectivity index (χ4n) is 1.34. The minimum absolute atomic E-state index is 0. The van der Waals surface area contributed by atoms with Crippen molar-refractivity contribution in [2.75, 3.05) is 0 Å². The van der Waals surface area contributed by atoms with Gasteiger partial charge in [0.2, 0.25) is 0 Å². The third-order valence-electron chi connectivity index (χ3n) is 1.52. The molecule has 16 heavy (non-hydrogen) atoms. The average molecular weight is 256 g/mol. The summed E-state index contributed by atoms with van der Waals surface area (Å²) in [6, 6.07) is 0. The number of alkyl halides is 6. The molecule has 0 aliphatic heterocycles. The Hall–Kier alpha value is -0.420. The molecule has 0 aromatic carbocycles. The van der Waals surface area contributed by atoms with Gasteiger partial charge < -0.3 is 0 Å². The summed E-state index contributed by atoms with van der Waals surface area (Å²) in [5, 5.41) is 0. The van der Waals surface area contributed by atoms with Crippen molar-refractivity contribution in [3.63, 3.8) is 0 Å². The summed E-state index contributed by atoms with van der Waals surface area (Å²) in [5.41, 5.74) is 0. The Bertz CT molecular complexity index is 138. The molecule has 0 atom stereocenters. The van der Waals surface area contributed by atoms with E-state index < -0.39 is 23.7 Å². The van der Waals surface area contributed by atoms with Crippen LogP contribution in [0.3, 0.4) is 0 Å².